The van der Waals surface area contributed by atoms with Gasteiger partial charge in [-0.05, 0) is 18.8 Å². The number of hydrogen-bond acceptors (Lipinski definition) is 2. The highest BCUT2D eigenvalue weighted by atomic mass is 16.3. The maximum Gasteiger partial charge on any atom is 0.212 e. The second-order valence-electron chi connectivity index (χ2n) is 4.56. The molecule has 0 saturated carbocycles. The minimum absolute atomic E-state index is 0.322. The lowest BCUT2D eigenvalue weighted by molar-refractivity contribution is 0.369. The molecule has 0 unspecified atom stereocenters. The van der Waals surface area contributed by atoms with Crippen molar-refractivity contribution >= 4 is 0 Å². The van der Waals surface area contributed by atoms with Gasteiger partial charge in [-0.1, -0.05) is 27.7 Å². The van der Waals surface area contributed by atoms with Gasteiger partial charge < -0.3 is 5.11 Å². The molecule has 0 spiro atoms. The molecular weight excluding hydrogens is 176 g/mol. The molecule has 1 N–H and O–H groups in total. The summed E-state index contributed by atoms with van der Waals surface area (Å²) in [4.78, 5) is 0. The van der Waals surface area contributed by atoms with E-state index in [0.717, 1.165) is 17.8 Å². The van der Waals surface area contributed by atoms with Crippen molar-refractivity contribution in [3.8, 4) is 5.88 Å². The summed E-state index contributed by atoms with van der Waals surface area (Å²) in [5.41, 5.74) is 1.92. The molecule has 14 heavy (non-hydrogen) atoms. The Balaban J connectivity index is 3.02. The fraction of sp³-hybridized carbons (Fsp3) is 0.727. The molecule has 1 aromatic heterocycles. The molecule has 0 amide bonds. The maximum atomic E-state index is 9.82. The zero-order valence-corrected chi connectivity index (χ0v) is 9.70. The molecule has 0 radical (unpaired) electrons. The molecule has 0 aliphatic heterocycles. The number of nitrogens with zero attached hydrogens (tertiary/aromatic N) is 2. The Kier molecular flexibility index (Phi) is 3.19. The van der Waals surface area contributed by atoms with Gasteiger partial charge in [0.25, 0.3) is 0 Å². The van der Waals surface area contributed by atoms with E-state index in [2.05, 4.69) is 32.8 Å². The Morgan fingerprint density at radius 1 is 1.29 bits per heavy atom. The lowest BCUT2D eigenvalue weighted by Crippen LogP contribution is -2.06. The summed E-state index contributed by atoms with van der Waals surface area (Å²) < 4.78 is 1.70. The van der Waals surface area contributed by atoms with Gasteiger partial charge in [-0.3, -0.25) is 0 Å². The fourth-order valence-corrected chi connectivity index (χ4v) is 1.58. The summed E-state index contributed by atoms with van der Waals surface area (Å²) in [6, 6.07) is 0. The molecule has 0 aliphatic rings. The monoisotopic (exact) mass is 196 g/mol. The summed E-state index contributed by atoms with van der Waals surface area (Å²) in [5.74, 6) is 1.19. The van der Waals surface area contributed by atoms with Gasteiger partial charge in [0.2, 0.25) is 5.88 Å². The van der Waals surface area contributed by atoms with E-state index >= 15 is 0 Å². The third kappa shape index (κ3) is 2.08. The van der Waals surface area contributed by atoms with E-state index in [4.69, 9.17) is 0 Å². The van der Waals surface area contributed by atoms with Gasteiger partial charge in [0.1, 0.15) is 0 Å². The quantitative estimate of drug-likeness (QED) is 0.807. The van der Waals surface area contributed by atoms with Gasteiger partial charge >= 0.3 is 0 Å². The number of aromatic hydroxyl groups is 1. The molecule has 1 rings (SSSR count). The van der Waals surface area contributed by atoms with Gasteiger partial charge in [0.15, 0.2) is 0 Å². The van der Waals surface area contributed by atoms with Crippen molar-refractivity contribution in [3.05, 3.63) is 11.3 Å². The highest BCUT2D eigenvalue weighted by molar-refractivity contribution is 5.30. The molecule has 3 nitrogen and oxygen atoms in total. The third-order valence-corrected chi connectivity index (χ3v) is 2.28. The minimum Gasteiger partial charge on any atom is -0.493 e. The lowest BCUT2D eigenvalue weighted by Gasteiger charge is -2.05. The lowest BCUT2D eigenvalue weighted by atomic mass is 10.1. The van der Waals surface area contributed by atoms with Crippen LogP contribution in [0.5, 0.6) is 5.88 Å². The normalized spacial score (nSPS) is 11.6. The summed E-state index contributed by atoms with van der Waals surface area (Å²) in [5, 5.41) is 14.2. The van der Waals surface area contributed by atoms with Crippen molar-refractivity contribution in [2.75, 3.05) is 0 Å². The first kappa shape index (κ1) is 11.1. The summed E-state index contributed by atoms with van der Waals surface area (Å²) in [6.07, 6.45) is 0. The average Bonchev–Trinajstić information content (AvgIpc) is 2.32. The van der Waals surface area contributed by atoms with Crippen LogP contribution in [0.2, 0.25) is 0 Å². The van der Waals surface area contributed by atoms with E-state index in [1.807, 2.05) is 6.92 Å². The van der Waals surface area contributed by atoms with Gasteiger partial charge in [0.05, 0.1) is 5.69 Å². The van der Waals surface area contributed by atoms with Crippen LogP contribution < -0.4 is 0 Å². The molecule has 0 aromatic carbocycles. The van der Waals surface area contributed by atoms with E-state index in [-0.39, 0.29) is 0 Å². The van der Waals surface area contributed by atoms with E-state index in [1.165, 1.54) is 0 Å². The van der Waals surface area contributed by atoms with Crippen LogP contribution in [0.15, 0.2) is 0 Å². The second kappa shape index (κ2) is 4.03. The largest absolute Gasteiger partial charge is 0.493 e. The zero-order chi connectivity index (χ0) is 10.9. The van der Waals surface area contributed by atoms with Crippen molar-refractivity contribution in [2.45, 2.75) is 47.1 Å². The second-order valence-corrected chi connectivity index (χ2v) is 4.56. The molecule has 1 aromatic rings. The predicted molar refractivity (Wildman–Crippen MR) is 57.6 cm³/mol. The SMILES string of the molecule is Cc1c(C(C)C)nn(CC(C)C)c1O. The van der Waals surface area contributed by atoms with Gasteiger partial charge in [-0.2, -0.15) is 5.10 Å². The highest BCUT2D eigenvalue weighted by Crippen LogP contribution is 2.26. The van der Waals surface area contributed by atoms with E-state index < -0.39 is 0 Å². The van der Waals surface area contributed by atoms with E-state index in [9.17, 15) is 5.11 Å². The van der Waals surface area contributed by atoms with E-state index in [0.29, 0.717) is 17.7 Å². The molecule has 1 heterocycles. The Morgan fingerprint density at radius 2 is 1.86 bits per heavy atom. The Labute approximate surface area is 85.8 Å². The molecule has 80 valence electrons. The minimum atomic E-state index is 0.322. The van der Waals surface area contributed by atoms with Crippen LogP contribution in [-0.2, 0) is 6.54 Å². The predicted octanol–water partition coefficient (Wildman–Crippen LogP) is 2.68. The molecule has 3 heteroatoms. The van der Waals surface area contributed by atoms with Crippen LogP contribution in [0.1, 0.15) is 44.9 Å². The first-order valence-corrected chi connectivity index (χ1v) is 5.19. The molecule has 0 fully saturated rings. The van der Waals surface area contributed by atoms with Crippen LogP contribution >= 0.6 is 0 Å². The third-order valence-electron chi connectivity index (χ3n) is 2.28. The topological polar surface area (TPSA) is 38.0 Å². The van der Waals surface area contributed by atoms with Crippen LogP contribution in [0, 0.1) is 12.8 Å². The van der Waals surface area contributed by atoms with Crippen LogP contribution in [0.3, 0.4) is 0 Å². The maximum absolute atomic E-state index is 9.82. The molecular formula is C11H20N2O. The molecule has 0 aliphatic carbocycles. The molecule has 0 atom stereocenters. The van der Waals surface area contributed by atoms with Crippen molar-refractivity contribution in [1.82, 2.24) is 9.78 Å². The zero-order valence-electron chi connectivity index (χ0n) is 9.70. The number of hydrogen-bond donors (Lipinski definition) is 1. The van der Waals surface area contributed by atoms with Gasteiger partial charge in [-0.25, -0.2) is 4.68 Å². The van der Waals surface area contributed by atoms with E-state index in [1.54, 1.807) is 4.68 Å². The first-order valence-electron chi connectivity index (χ1n) is 5.19. The highest BCUT2D eigenvalue weighted by Gasteiger charge is 2.15. The number of rotatable bonds is 3. The standard InChI is InChI=1S/C11H20N2O/c1-7(2)6-13-11(14)9(5)10(12-13)8(3)4/h7-8,14H,6H2,1-5H3. The Morgan fingerprint density at radius 3 is 2.21 bits per heavy atom. The van der Waals surface area contributed by atoms with Crippen molar-refractivity contribution < 1.29 is 5.11 Å². The van der Waals surface area contributed by atoms with Crippen LogP contribution in [0.4, 0.5) is 0 Å². The van der Waals surface area contributed by atoms with Crippen molar-refractivity contribution in [3.63, 3.8) is 0 Å². The molecule has 0 saturated heterocycles. The first-order chi connectivity index (χ1) is 6.43. The smallest absolute Gasteiger partial charge is 0.212 e. The van der Waals surface area contributed by atoms with Crippen LogP contribution in [0.25, 0.3) is 0 Å². The average molecular weight is 196 g/mol. The summed E-state index contributed by atoms with van der Waals surface area (Å²) in [6.45, 7) is 11.1. The fourth-order valence-electron chi connectivity index (χ4n) is 1.58. The van der Waals surface area contributed by atoms with Gasteiger partial charge in [-0.15, -0.1) is 0 Å². The van der Waals surface area contributed by atoms with Crippen molar-refractivity contribution in [1.29, 1.82) is 0 Å². The Bertz CT molecular complexity index is 313. The summed E-state index contributed by atoms with van der Waals surface area (Å²) >= 11 is 0. The number of aromatic nitrogens is 2. The Hall–Kier alpha value is -0.990. The summed E-state index contributed by atoms with van der Waals surface area (Å²) in [7, 11) is 0. The molecule has 0 bridgehead atoms. The van der Waals surface area contributed by atoms with Crippen LogP contribution in [-0.4, -0.2) is 14.9 Å². The van der Waals surface area contributed by atoms with Crippen molar-refractivity contribution in [2.24, 2.45) is 5.92 Å². The van der Waals surface area contributed by atoms with Gasteiger partial charge in [0, 0.05) is 12.1 Å².